The van der Waals surface area contributed by atoms with Gasteiger partial charge in [-0.05, 0) is 12.1 Å². The van der Waals surface area contributed by atoms with Gasteiger partial charge in [-0.25, -0.2) is 0 Å². The number of hydrogen-bond donors (Lipinski definition) is 0. The molecule has 0 bridgehead atoms. The van der Waals surface area contributed by atoms with Crippen LogP contribution in [-0.4, -0.2) is 29.0 Å². The normalized spacial score (nSPS) is 13.5. The first-order chi connectivity index (χ1) is 8.15. The van der Waals surface area contributed by atoms with Gasteiger partial charge >= 0.3 is 0 Å². The van der Waals surface area contributed by atoms with E-state index in [4.69, 9.17) is 6.42 Å². The maximum Gasteiger partial charge on any atom is 0.261 e. The summed E-state index contributed by atoms with van der Waals surface area (Å²) in [5.41, 5.74) is 0.678. The highest BCUT2D eigenvalue weighted by Gasteiger charge is 2.35. The fourth-order valence-electron chi connectivity index (χ4n) is 1.73. The van der Waals surface area contributed by atoms with Crippen molar-refractivity contribution in [3.63, 3.8) is 0 Å². The number of carbonyl (C=O) groups excluding carboxylic acids is 3. The summed E-state index contributed by atoms with van der Waals surface area (Å²) in [6.07, 6.45) is 4.92. The summed E-state index contributed by atoms with van der Waals surface area (Å²) in [5, 5.41) is 0. The maximum atomic E-state index is 11.8. The lowest BCUT2D eigenvalue weighted by Gasteiger charge is -2.11. The van der Waals surface area contributed by atoms with E-state index in [2.05, 4.69) is 5.92 Å². The standard InChI is InChI=1S/C13H9NO3/c1-2-5-9(15)8-14-12(16)10-6-3-4-7-11(10)13(14)17/h1,3-4,6-7H,5,8H2. The van der Waals surface area contributed by atoms with Gasteiger partial charge in [-0.15, -0.1) is 6.42 Å². The fraction of sp³-hybridized carbons (Fsp3) is 0.154. The van der Waals surface area contributed by atoms with Crippen molar-refractivity contribution >= 4 is 17.6 Å². The average molecular weight is 227 g/mol. The zero-order valence-corrected chi connectivity index (χ0v) is 8.97. The SMILES string of the molecule is C#CCC(=O)CN1C(=O)c2ccccc2C1=O. The molecule has 0 fully saturated rings. The minimum absolute atomic E-state index is 0.0760. The van der Waals surface area contributed by atoms with Gasteiger partial charge < -0.3 is 0 Å². The quantitative estimate of drug-likeness (QED) is 0.569. The molecular weight excluding hydrogens is 218 g/mol. The number of imide groups is 1. The lowest BCUT2D eigenvalue weighted by Crippen LogP contribution is -2.34. The number of ketones is 1. The molecule has 0 radical (unpaired) electrons. The molecule has 17 heavy (non-hydrogen) atoms. The van der Waals surface area contributed by atoms with Crippen molar-refractivity contribution in [1.29, 1.82) is 0 Å². The summed E-state index contributed by atoms with van der Waals surface area (Å²) in [6.45, 7) is -0.253. The minimum atomic E-state index is -0.434. The number of terminal acetylenes is 1. The van der Waals surface area contributed by atoms with Crippen LogP contribution in [0.2, 0.25) is 0 Å². The van der Waals surface area contributed by atoms with E-state index in [0.29, 0.717) is 11.1 Å². The number of benzene rings is 1. The summed E-state index contributed by atoms with van der Waals surface area (Å²) in [5.74, 6) is 1.01. The molecule has 1 aromatic rings. The first kappa shape index (κ1) is 11.1. The van der Waals surface area contributed by atoms with Crippen molar-refractivity contribution < 1.29 is 14.4 Å². The number of hydrogen-bond acceptors (Lipinski definition) is 3. The minimum Gasteiger partial charge on any atom is -0.297 e. The van der Waals surface area contributed by atoms with Gasteiger partial charge in [0, 0.05) is 0 Å². The second-order valence-electron chi connectivity index (χ2n) is 3.66. The van der Waals surface area contributed by atoms with Crippen LogP contribution in [0.4, 0.5) is 0 Å². The number of amides is 2. The molecule has 4 heteroatoms. The zero-order valence-electron chi connectivity index (χ0n) is 8.97. The average Bonchev–Trinajstić information content (AvgIpc) is 2.56. The summed E-state index contributed by atoms with van der Waals surface area (Å²) in [4.78, 5) is 36.0. The molecule has 1 aliphatic rings. The molecule has 84 valence electrons. The summed E-state index contributed by atoms with van der Waals surface area (Å²) in [6, 6.07) is 6.50. The molecule has 0 unspecified atom stereocenters. The molecule has 1 aromatic carbocycles. The second kappa shape index (κ2) is 4.22. The van der Waals surface area contributed by atoms with E-state index in [0.717, 1.165) is 4.90 Å². The Kier molecular flexibility index (Phi) is 2.75. The Hall–Kier alpha value is -2.41. The topological polar surface area (TPSA) is 54.5 Å². The largest absolute Gasteiger partial charge is 0.297 e. The van der Waals surface area contributed by atoms with Crippen molar-refractivity contribution in [3.05, 3.63) is 35.4 Å². The van der Waals surface area contributed by atoms with Gasteiger partial charge in [-0.1, -0.05) is 18.1 Å². The summed E-state index contributed by atoms with van der Waals surface area (Å²) >= 11 is 0. The van der Waals surface area contributed by atoms with Crippen LogP contribution in [0.25, 0.3) is 0 Å². The van der Waals surface area contributed by atoms with E-state index >= 15 is 0 Å². The van der Waals surface area contributed by atoms with Crippen LogP contribution in [0.5, 0.6) is 0 Å². The lowest BCUT2D eigenvalue weighted by atomic mass is 10.1. The van der Waals surface area contributed by atoms with Gasteiger partial charge in [0.1, 0.15) is 0 Å². The molecule has 1 heterocycles. The van der Waals surface area contributed by atoms with Crippen molar-refractivity contribution in [2.45, 2.75) is 6.42 Å². The van der Waals surface area contributed by atoms with E-state index in [9.17, 15) is 14.4 Å². The Morgan fingerprint density at radius 1 is 1.18 bits per heavy atom. The predicted octanol–water partition coefficient (Wildman–Crippen LogP) is 0.875. The van der Waals surface area contributed by atoms with Crippen molar-refractivity contribution in [1.82, 2.24) is 4.90 Å². The number of fused-ring (bicyclic) bond motifs is 1. The van der Waals surface area contributed by atoms with Gasteiger partial charge in [0.05, 0.1) is 24.1 Å². The Bertz CT molecular complexity index is 519. The molecule has 0 aliphatic carbocycles. The first-order valence-electron chi connectivity index (χ1n) is 5.05. The van der Waals surface area contributed by atoms with Crippen LogP contribution in [-0.2, 0) is 4.79 Å². The van der Waals surface area contributed by atoms with Gasteiger partial charge in [-0.2, -0.15) is 0 Å². The van der Waals surface area contributed by atoms with Gasteiger partial charge in [-0.3, -0.25) is 19.3 Å². The number of rotatable bonds is 3. The second-order valence-corrected chi connectivity index (χ2v) is 3.66. The Balaban J connectivity index is 2.25. The molecule has 0 saturated carbocycles. The lowest BCUT2D eigenvalue weighted by molar-refractivity contribution is -0.118. The van der Waals surface area contributed by atoms with Gasteiger partial charge in [0.15, 0.2) is 5.78 Å². The maximum absolute atomic E-state index is 11.8. The monoisotopic (exact) mass is 227 g/mol. The van der Waals surface area contributed by atoms with E-state index in [-0.39, 0.29) is 18.7 Å². The van der Waals surface area contributed by atoms with E-state index in [1.807, 2.05) is 0 Å². The highest BCUT2D eigenvalue weighted by molar-refractivity contribution is 6.22. The molecule has 0 atom stereocenters. The summed E-state index contributed by atoms with van der Waals surface area (Å²) in [7, 11) is 0. The highest BCUT2D eigenvalue weighted by atomic mass is 16.2. The van der Waals surface area contributed by atoms with Crippen LogP contribution >= 0.6 is 0 Å². The number of carbonyl (C=O) groups is 3. The third-order valence-electron chi connectivity index (χ3n) is 2.51. The molecule has 0 aromatic heterocycles. The Morgan fingerprint density at radius 2 is 1.71 bits per heavy atom. The molecule has 1 aliphatic heterocycles. The molecule has 0 saturated heterocycles. The number of nitrogens with zero attached hydrogens (tertiary/aromatic N) is 1. The number of Topliss-reactive ketones (excluding diaryl/α,β-unsaturated/α-hetero) is 1. The fourth-order valence-corrected chi connectivity index (χ4v) is 1.73. The van der Waals surface area contributed by atoms with Crippen molar-refractivity contribution in [2.24, 2.45) is 0 Å². The van der Waals surface area contributed by atoms with Crippen LogP contribution < -0.4 is 0 Å². The molecule has 2 amide bonds. The molecular formula is C13H9NO3. The van der Waals surface area contributed by atoms with Crippen LogP contribution in [0.3, 0.4) is 0 Å². The third-order valence-corrected chi connectivity index (χ3v) is 2.51. The molecule has 0 spiro atoms. The molecule has 4 nitrogen and oxygen atoms in total. The van der Waals surface area contributed by atoms with Gasteiger partial charge in [0.2, 0.25) is 0 Å². The molecule has 2 rings (SSSR count). The smallest absolute Gasteiger partial charge is 0.261 e. The zero-order chi connectivity index (χ0) is 12.4. The van der Waals surface area contributed by atoms with Crippen LogP contribution in [0.15, 0.2) is 24.3 Å². The van der Waals surface area contributed by atoms with E-state index in [1.165, 1.54) is 0 Å². The third kappa shape index (κ3) is 1.83. The van der Waals surface area contributed by atoms with Crippen LogP contribution in [0.1, 0.15) is 27.1 Å². The first-order valence-corrected chi connectivity index (χ1v) is 5.05. The molecule has 0 N–H and O–H groups in total. The Morgan fingerprint density at radius 3 is 2.18 bits per heavy atom. The predicted molar refractivity (Wildman–Crippen MR) is 60.3 cm³/mol. The van der Waals surface area contributed by atoms with E-state index < -0.39 is 11.8 Å². The van der Waals surface area contributed by atoms with Gasteiger partial charge in [0.25, 0.3) is 11.8 Å². The highest BCUT2D eigenvalue weighted by Crippen LogP contribution is 2.22. The van der Waals surface area contributed by atoms with Crippen LogP contribution in [0, 0.1) is 12.3 Å². The van der Waals surface area contributed by atoms with E-state index in [1.54, 1.807) is 24.3 Å². The van der Waals surface area contributed by atoms with Crippen molar-refractivity contribution in [2.75, 3.05) is 6.54 Å². The van der Waals surface area contributed by atoms with Crippen molar-refractivity contribution in [3.8, 4) is 12.3 Å². The summed E-state index contributed by atoms with van der Waals surface area (Å²) < 4.78 is 0. The Labute approximate surface area is 98.2 Å².